The molecule has 82 valence electrons. The maximum absolute atomic E-state index is 10.7. The fraction of sp³-hybridized carbons (Fsp3) is 0.222. The summed E-state index contributed by atoms with van der Waals surface area (Å²) in [5, 5.41) is 19.2. The Hall–Kier alpha value is -2.11. The molecule has 0 radical (unpaired) electrons. The number of allylic oxidation sites excluding steroid dienone is 2. The van der Waals surface area contributed by atoms with Gasteiger partial charge >= 0.3 is 5.97 Å². The molecule has 0 aromatic carbocycles. The lowest BCUT2D eigenvalue weighted by atomic mass is 10.2. The van der Waals surface area contributed by atoms with Crippen molar-refractivity contribution in [2.75, 3.05) is 7.11 Å². The summed E-state index contributed by atoms with van der Waals surface area (Å²) in [6.07, 6.45) is 1.95. The van der Waals surface area contributed by atoms with E-state index in [9.17, 15) is 14.9 Å². The number of carboxylic acid groups (broad SMARTS) is 1. The van der Waals surface area contributed by atoms with Gasteiger partial charge in [0.2, 0.25) is 0 Å². The Balaban J connectivity index is 5.56. The lowest BCUT2D eigenvalue weighted by molar-refractivity contribution is -0.419. The smallest absolute Gasteiger partial charge is 0.342 e. The van der Waals surface area contributed by atoms with Crippen LogP contribution in [0.15, 0.2) is 35.8 Å². The molecule has 0 aliphatic heterocycles. The largest absolute Gasteiger partial charge is 0.501 e. The molecule has 0 heterocycles. The first-order valence-corrected chi connectivity index (χ1v) is 3.90. The summed E-state index contributed by atoms with van der Waals surface area (Å²) in [5.74, 6) is -1.15. The molecule has 0 bridgehead atoms. The van der Waals surface area contributed by atoms with Crippen LogP contribution in [-0.2, 0) is 9.53 Å². The predicted octanol–water partition coefficient (Wildman–Crippen LogP) is 1.34. The van der Waals surface area contributed by atoms with Crippen LogP contribution in [0.3, 0.4) is 0 Å². The summed E-state index contributed by atoms with van der Waals surface area (Å²) in [5.41, 5.74) is -1.03. The van der Waals surface area contributed by atoms with Crippen molar-refractivity contribution >= 4 is 5.97 Å². The van der Waals surface area contributed by atoms with Crippen LogP contribution in [0.25, 0.3) is 0 Å². The highest BCUT2D eigenvalue weighted by Gasteiger charge is 2.19. The van der Waals surface area contributed by atoms with Crippen LogP contribution in [0.4, 0.5) is 0 Å². The number of carbonyl (C=O) groups is 1. The summed E-state index contributed by atoms with van der Waals surface area (Å²) >= 11 is 0. The SMILES string of the molecule is C=C/C(=C(\C=C(/C)OC)C(=O)O)[N+](=O)[O-]. The maximum atomic E-state index is 10.7. The van der Waals surface area contributed by atoms with E-state index >= 15 is 0 Å². The quantitative estimate of drug-likeness (QED) is 0.244. The van der Waals surface area contributed by atoms with Gasteiger partial charge in [-0.15, -0.1) is 0 Å². The first-order valence-electron chi connectivity index (χ1n) is 3.90. The van der Waals surface area contributed by atoms with Gasteiger partial charge in [-0.1, -0.05) is 6.58 Å². The third kappa shape index (κ3) is 3.63. The molecule has 0 amide bonds. The number of rotatable bonds is 5. The third-order valence-electron chi connectivity index (χ3n) is 1.57. The highest BCUT2D eigenvalue weighted by Crippen LogP contribution is 2.11. The summed E-state index contributed by atoms with van der Waals surface area (Å²) < 4.78 is 4.71. The molecule has 6 heteroatoms. The minimum absolute atomic E-state index is 0.258. The summed E-state index contributed by atoms with van der Waals surface area (Å²) in [4.78, 5) is 20.4. The van der Waals surface area contributed by atoms with E-state index in [1.165, 1.54) is 14.0 Å². The van der Waals surface area contributed by atoms with Crippen molar-refractivity contribution in [1.29, 1.82) is 0 Å². The highest BCUT2D eigenvalue weighted by atomic mass is 16.6. The molecule has 0 aliphatic carbocycles. The molecule has 0 atom stereocenters. The molecule has 0 saturated carbocycles. The first kappa shape index (κ1) is 12.9. The Kier molecular flexibility index (Phi) is 4.80. The zero-order chi connectivity index (χ0) is 12.0. The van der Waals surface area contributed by atoms with Crippen molar-refractivity contribution in [3.05, 3.63) is 45.9 Å². The second kappa shape index (κ2) is 5.58. The van der Waals surface area contributed by atoms with Crippen LogP contribution >= 0.6 is 0 Å². The lowest BCUT2D eigenvalue weighted by Gasteiger charge is -2.00. The zero-order valence-corrected chi connectivity index (χ0v) is 8.39. The Bertz CT molecular complexity index is 354. The Labute approximate surface area is 86.3 Å². The van der Waals surface area contributed by atoms with Gasteiger partial charge in [-0.3, -0.25) is 10.1 Å². The molecule has 0 aromatic rings. The van der Waals surface area contributed by atoms with E-state index in [1.54, 1.807) is 0 Å². The summed E-state index contributed by atoms with van der Waals surface area (Å²) in [6, 6.07) is 0. The monoisotopic (exact) mass is 213 g/mol. The standard InChI is InChI=1S/C9H11NO5/c1-4-8(10(13)14)7(9(11)12)5-6(2)15-3/h4-5H,1H2,2-3H3,(H,11,12)/b6-5+,8-7-. The minimum atomic E-state index is -1.40. The molecule has 0 fully saturated rings. The number of hydrogen-bond donors (Lipinski definition) is 1. The number of methoxy groups -OCH3 is 1. The molecule has 0 aromatic heterocycles. The lowest BCUT2D eigenvalue weighted by Crippen LogP contribution is -2.08. The number of ether oxygens (including phenoxy) is 1. The fourth-order valence-corrected chi connectivity index (χ4v) is 0.790. The van der Waals surface area contributed by atoms with Gasteiger partial charge in [-0.25, -0.2) is 4.79 Å². The van der Waals surface area contributed by atoms with Gasteiger partial charge in [0.15, 0.2) is 0 Å². The van der Waals surface area contributed by atoms with Crippen molar-refractivity contribution in [1.82, 2.24) is 0 Å². The Morgan fingerprint density at radius 1 is 1.60 bits per heavy atom. The van der Waals surface area contributed by atoms with E-state index in [4.69, 9.17) is 9.84 Å². The van der Waals surface area contributed by atoms with E-state index < -0.39 is 22.2 Å². The molecule has 15 heavy (non-hydrogen) atoms. The highest BCUT2D eigenvalue weighted by molar-refractivity contribution is 5.90. The number of aliphatic carboxylic acids is 1. The van der Waals surface area contributed by atoms with Crippen LogP contribution in [0.5, 0.6) is 0 Å². The van der Waals surface area contributed by atoms with E-state index in [2.05, 4.69) is 6.58 Å². The normalized spacial score (nSPS) is 12.8. The molecule has 6 nitrogen and oxygen atoms in total. The maximum Gasteiger partial charge on any atom is 0.342 e. The van der Waals surface area contributed by atoms with Gasteiger partial charge in [0.25, 0.3) is 5.70 Å². The van der Waals surface area contributed by atoms with Crippen LogP contribution in [-0.4, -0.2) is 23.1 Å². The van der Waals surface area contributed by atoms with E-state index in [0.29, 0.717) is 0 Å². The molecule has 0 unspecified atom stereocenters. The molecular formula is C9H11NO5. The van der Waals surface area contributed by atoms with Crippen molar-refractivity contribution in [2.24, 2.45) is 0 Å². The van der Waals surface area contributed by atoms with Crippen molar-refractivity contribution < 1.29 is 19.6 Å². The van der Waals surface area contributed by atoms with E-state index in [1.807, 2.05) is 0 Å². The zero-order valence-electron chi connectivity index (χ0n) is 8.39. The average Bonchev–Trinajstić information content (AvgIpc) is 2.16. The third-order valence-corrected chi connectivity index (χ3v) is 1.57. The van der Waals surface area contributed by atoms with Crippen LogP contribution in [0.1, 0.15) is 6.92 Å². The van der Waals surface area contributed by atoms with E-state index in [-0.39, 0.29) is 5.76 Å². The molecule has 0 aliphatic rings. The van der Waals surface area contributed by atoms with Gasteiger partial charge in [-0.2, -0.15) is 0 Å². The van der Waals surface area contributed by atoms with Crippen molar-refractivity contribution in [3.8, 4) is 0 Å². The topological polar surface area (TPSA) is 89.7 Å². The number of nitrogens with zero attached hydrogens (tertiary/aromatic N) is 1. The number of carboxylic acids is 1. The van der Waals surface area contributed by atoms with Gasteiger partial charge < -0.3 is 9.84 Å². The van der Waals surface area contributed by atoms with E-state index in [0.717, 1.165) is 12.2 Å². The van der Waals surface area contributed by atoms with Gasteiger partial charge in [0.1, 0.15) is 5.57 Å². The minimum Gasteiger partial charge on any atom is -0.501 e. The summed E-state index contributed by atoms with van der Waals surface area (Å²) in [6.45, 7) is 4.68. The van der Waals surface area contributed by atoms with Crippen LogP contribution in [0.2, 0.25) is 0 Å². The second-order valence-corrected chi connectivity index (χ2v) is 2.52. The number of nitro groups is 1. The van der Waals surface area contributed by atoms with Gasteiger partial charge in [0, 0.05) is 6.08 Å². The Morgan fingerprint density at radius 2 is 2.13 bits per heavy atom. The predicted molar refractivity (Wildman–Crippen MR) is 52.6 cm³/mol. The molecule has 0 spiro atoms. The fourth-order valence-electron chi connectivity index (χ4n) is 0.790. The van der Waals surface area contributed by atoms with Gasteiger partial charge in [-0.05, 0) is 13.0 Å². The molecule has 0 saturated heterocycles. The molecule has 0 rings (SSSR count). The average molecular weight is 213 g/mol. The van der Waals surface area contributed by atoms with Crippen LogP contribution < -0.4 is 0 Å². The van der Waals surface area contributed by atoms with Crippen LogP contribution in [0, 0.1) is 10.1 Å². The molecule has 1 N–H and O–H groups in total. The van der Waals surface area contributed by atoms with Gasteiger partial charge in [0.05, 0.1) is 17.8 Å². The van der Waals surface area contributed by atoms with Crippen molar-refractivity contribution in [3.63, 3.8) is 0 Å². The molecular weight excluding hydrogens is 202 g/mol. The second-order valence-electron chi connectivity index (χ2n) is 2.52. The Morgan fingerprint density at radius 3 is 2.40 bits per heavy atom. The summed E-state index contributed by atoms with van der Waals surface area (Å²) in [7, 11) is 1.34. The van der Waals surface area contributed by atoms with Crippen molar-refractivity contribution in [2.45, 2.75) is 6.92 Å². The number of hydrogen-bond acceptors (Lipinski definition) is 4. The first-order chi connectivity index (χ1) is 6.93.